The molecule has 5 rings (SSSR count). The molecular formula is C23H28N6. The molecule has 0 bridgehead atoms. The summed E-state index contributed by atoms with van der Waals surface area (Å²) in [6.07, 6.45) is 10.3. The van der Waals surface area contributed by atoms with E-state index in [0.717, 1.165) is 44.8 Å². The van der Waals surface area contributed by atoms with E-state index in [1.54, 1.807) is 0 Å². The summed E-state index contributed by atoms with van der Waals surface area (Å²) >= 11 is 0. The molecule has 3 aromatic heterocycles. The van der Waals surface area contributed by atoms with Crippen LogP contribution in [-0.2, 0) is 7.05 Å². The van der Waals surface area contributed by atoms with Crippen LogP contribution in [0.1, 0.15) is 25.3 Å². The lowest BCUT2D eigenvalue weighted by atomic mass is 10.1. The maximum absolute atomic E-state index is 4.72. The van der Waals surface area contributed by atoms with Crippen LogP contribution in [0.25, 0.3) is 39.0 Å². The average Bonchev–Trinajstić information content (AvgIpc) is 3.40. The van der Waals surface area contributed by atoms with E-state index in [1.807, 2.05) is 36.4 Å². The molecule has 0 aliphatic heterocycles. The highest BCUT2D eigenvalue weighted by Crippen LogP contribution is 2.38. The summed E-state index contributed by atoms with van der Waals surface area (Å²) < 4.78 is 1.83. The van der Waals surface area contributed by atoms with Crippen molar-refractivity contribution < 1.29 is 0 Å². The van der Waals surface area contributed by atoms with Gasteiger partial charge in [-0.1, -0.05) is 24.8 Å². The number of H-pyrrole nitrogens is 1. The lowest BCUT2D eigenvalue weighted by Gasteiger charge is -2.15. The van der Waals surface area contributed by atoms with E-state index >= 15 is 0 Å². The molecular weight excluding hydrogens is 360 g/mol. The smallest absolute Gasteiger partial charge is 0.136 e. The van der Waals surface area contributed by atoms with Gasteiger partial charge in [0.25, 0.3) is 0 Å². The lowest BCUT2D eigenvalue weighted by Crippen LogP contribution is -2.18. The van der Waals surface area contributed by atoms with Gasteiger partial charge in [-0.25, -0.2) is 4.98 Å². The molecule has 6 nitrogen and oxygen atoms in total. The molecule has 1 unspecified atom stereocenters. The Balaban J connectivity index is 0.000000994. The zero-order chi connectivity index (χ0) is 20.5. The monoisotopic (exact) mass is 388 g/mol. The summed E-state index contributed by atoms with van der Waals surface area (Å²) in [6, 6.07) is 6.96. The summed E-state index contributed by atoms with van der Waals surface area (Å²) in [5.41, 5.74) is 9.97. The maximum atomic E-state index is 4.72. The van der Waals surface area contributed by atoms with Crippen molar-refractivity contribution in [1.29, 1.82) is 0 Å². The third kappa shape index (κ3) is 3.51. The van der Waals surface area contributed by atoms with Gasteiger partial charge in [-0.05, 0) is 44.4 Å². The summed E-state index contributed by atoms with van der Waals surface area (Å²) in [4.78, 5) is 8.31. The molecule has 1 aliphatic rings. The van der Waals surface area contributed by atoms with Gasteiger partial charge in [0.1, 0.15) is 5.82 Å². The highest BCUT2D eigenvalue weighted by Gasteiger charge is 2.28. The number of aromatic amines is 1. The van der Waals surface area contributed by atoms with E-state index in [0.29, 0.717) is 6.04 Å². The molecule has 1 atom stereocenters. The van der Waals surface area contributed by atoms with Crippen LogP contribution in [-0.4, -0.2) is 32.8 Å². The zero-order valence-corrected chi connectivity index (χ0v) is 17.2. The van der Waals surface area contributed by atoms with Gasteiger partial charge in [0.05, 0.1) is 17.1 Å². The molecule has 150 valence electrons. The van der Waals surface area contributed by atoms with E-state index in [9.17, 15) is 0 Å². The number of fused-ring (bicyclic) bond motifs is 3. The van der Waals surface area contributed by atoms with Crippen molar-refractivity contribution in [3.05, 3.63) is 48.9 Å². The Labute approximate surface area is 170 Å². The van der Waals surface area contributed by atoms with Gasteiger partial charge >= 0.3 is 0 Å². The molecule has 4 aromatic rings. The van der Waals surface area contributed by atoms with Gasteiger partial charge in [-0.15, -0.1) is 0 Å². The Morgan fingerprint density at radius 3 is 2.72 bits per heavy atom. The van der Waals surface area contributed by atoms with Gasteiger partial charge in [0.2, 0.25) is 0 Å². The number of nitrogens with two attached hydrogens (primary N) is 1. The lowest BCUT2D eigenvalue weighted by molar-refractivity contribution is 0.692. The Bertz CT molecular complexity index is 1170. The van der Waals surface area contributed by atoms with E-state index in [2.05, 4.69) is 52.8 Å². The molecule has 29 heavy (non-hydrogen) atoms. The van der Waals surface area contributed by atoms with Crippen LogP contribution >= 0.6 is 0 Å². The summed E-state index contributed by atoms with van der Waals surface area (Å²) in [5, 5.41) is 10.3. The molecule has 1 aliphatic carbocycles. The average molecular weight is 389 g/mol. The van der Waals surface area contributed by atoms with Crippen LogP contribution in [0, 0.1) is 5.92 Å². The van der Waals surface area contributed by atoms with Crippen molar-refractivity contribution in [2.24, 2.45) is 18.7 Å². The minimum atomic E-state index is 0.440. The molecule has 1 aromatic carbocycles. The van der Waals surface area contributed by atoms with E-state index in [-0.39, 0.29) is 0 Å². The van der Waals surface area contributed by atoms with Crippen molar-refractivity contribution >= 4 is 33.7 Å². The first kappa shape index (κ1) is 19.2. The van der Waals surface area contributed by atoms with Crippen LogP contribution in [0.4, 0.5) is 5.82 Å². The third-order valence-electron chi connectivity index (χ3n) is 5.61. The molecule has 0 spiro atoms. The molecule has 1 fully saturated rings. The number of benzene rings is 1. The Morgan fingerprint density at radius 2 is 2.07 bits per heavy atom. The predicted octanol–water partition coefficient (Wildman–Crippen LogP) is 4.54. The number of hydrogen-bond acceptors (Lipinski definition) is 4. The second kappa shape index (κ2) is 7.72. The quantitative estimate of drug-likeness (QED) is 0.468. The van der Waals surface area contributed by atoms with Crippen LogP contribution in [0.3, 0.4) is 0 Å². The summed E-state index contributed by atoms with van der Waals surface area (Å²) in [6.45, 7) is 6.21. The Morgan fingerprint density at radius 1 is 1.28 bits per heavy atom. The second-order valence-corrected chi connectivity index (χ2v) is 7.57. The van der Waals surface area contributed by atoms with Crippen molar-refractivity contribution in [2.45, 2.75) is 25.8 Å². The van der Waals surface area contributed by atoms with Crippen LogP contribution in [0.2, 0.25) is 0 Å². The minimum Gasteiger partial charge on any atom is -0.367 e. The first-order valence-electron chi connectivity index (χ1n) is 10.0. The fourth-order valence-electron chi connectivity index (χ4n) is 3.87. The fraction of sp³-hybridized carbons (Fsp3) is 0.304. The van der Waals surface area contributed by atoms with Crippen molar-refractivity contribution in [3.8, 4) is 11.1 Å². The fourth-order valence-corrected chi connectivity index (χ4v) is 3.87. The molecule has 3 heterocycles. The number of aryl methyl sites for hydroxylation is 1. The summed E-state index contributed by atoms with van der Waals surface area (Å²) in [5.74, 6) is 1.72. The first-order valence-corrected chi connectivity index (χ1v) is 10.0. The van der Waals surface area contributed by atoms with Crippen LogP contribution < -0.4 is 11.1 Å². The number of anilines is 1. The minimum absolute atomic E-state index is 0.440. The highest BCUT2D eigenvalue weighted by molar-refractivity contribution is 6.15. The SMILES string of the molecule is C=Cc1cnc(NC(C)C2CC2)c2c1[nH]c1cc(-c3cnn(C)c3)ccc12.CN. The highest BCUT2D eigenvalue weighted by atomic mass is 15.2. The number of nitrogens with one attached hydrogen (secondary N) is 2. The van der Waals surface area contributed by atoms with E-state index in [1.165, 1.54) is 25.3 Å². The van der Waals surface area contributed by atoms with Crippen LogP contribution in [0.15, 0.2) is 43.4 Å². The number of hydrogen-bond donors (Lipinski definition) is 3. The van der Waals surface area contributed by atoms with Gasteiger partial charge in [-0.3, -0.25) is 4.68 Å². The van der Waals surface area contributed by atoms with Crippen molar-refractivity contribution in [3.63, 3.8) is 0 Å². The molecule has 6 heteroatoms. The largest absolute Gasteiger partial charge is 0.367 e. The maximum Gasteiger partial charge on any atom is 0.136 e. The van der Waals surface area contributed by atoms with Gasteiger partial charge in [0, 0.05) is 47.5 Å². The van der Waals surface area contributed by atoms with Gasteiger partial charge < -0.3 is 16.0 Å². The van der Waals surface area contributed by atoms with Crippen LogP contribution in [0.5, 0.6) is 0 Å². The molecule has 0 radical (unpaired) electrons. The molecule has 0 amide bonds. The van der Waals surface area contributed by atoms with Gasteiger partial charge in [0.15, 0.2) is 0 Å². The Kier molecular flexibility index (Phi) is 5.11. The number of rotatable bonds is 5. The standard InChI is InChI=1S/C22H23N5.CH5N/c1-4-14-10-23-22(25-13(2)15-5-6-15)20-18-8-7-16(9-19(18)26-21(14)20)17-11-24-27(3)12-17;1-2/h4,7-13,15,26H,1,5-6H2,2-3H3,(H,23,25);2H2,1H3. The van der Waals surface area contributed by atoms with Gasteiger partial charge in [-0.2, -0.15) is 5.10 Å². The topological polar surface area (TPSA) is 84.5 Å². The predicted molar refractivity (Wildman–Crippen MR) is 122 cm³/mol. The molecule has 4 N–H and O–H groups in total. The number of nitrogens with zero attached hydrogens (tertiary/aromatic N) is 3. The zero-order valence-electron chi connectivity index (χ0n) is 17.2. The third-order valence-corrected chi connectivity index (χ3v) is 5.61. The summed E-state index contributed by atoms with van der Waals surface area (Å²) in [7, 11) is 3.44. The first-order chi connectivity index (χ1) is 14.1. The second-order valence-electron chi connectivity index (χ2n) is 7.57. The van der Waals surface area contributed by atoms with Crippen molar-refractivity contribution in [1.82, 2.24) is 19.7 Å². The van der Waals surface area contributed by atoms with Crippen molar-refractivity contribution in [2.75, 3.05) is 12.4 Å². The number of pyridine rings is 1. The van der Waals surface area contributed by atoms with E-state index < -0.39 is 0 Å². The van der Waals surface area contributed by atoms with E-state index in [4.69, 9.17) is 4.98 Å². The normalized spacial score (nSPS) is 14.5. The Hall–Kier alpha value is -3.12. The number of aromatic nitrogens is 4. The molecule has 0 saturated heterocycles. The molecule has 1 saturated carbocycles.